The van der Waals surface area contributed by atoms with Gasteiger partial charge in [-0.15, -0.1) is 11.6 Å². The number of anilines is 1. The molecule has 1 aromatic rings. The Bertz CT molecular complexity index is 304. The van der Waals surface area contributed by atoms with Gasteiger partial charge in [0.2, 0.25) is 0 Å². The summed E-state index contributed by atoms with van der Waals surface area (Å²) in [6.45, 7) is 2.86. The van der Waals surface area contributed by atoms with Crippen LogP contribution in [0.25, 0.3) is 0 Å². The molecule has 1 heterocycles. The maximum absolute atomic E-state index is 5.90. The van der Waals surface area contributed by atoms with Gasteiger partial charge < -0.3 is 9.64 Å². The highest BCUT2D eigenvalue weighted by Crippen LogP contribution is 2.23. The predicted octanol–water partition coefficient (Wildman–Crippen LogP) is 2.54. The van der Waals surface area contributed by atoms with Crippen LogP contribution in [-0.2, 0) is 0 Å². The fourth-order valence-corrected chi connectivity index (χ4v) is 1.40. The summed E-state index contributed by atoms with van der Waals surface area (Å²) in [4.78, 5) is 6.34. The first-order valence-corrected chi connectivity index (χ1v) is 5.43. The minimum atomic E-state index is 0.183. The van der Waals surface area contributed by atoms with Gasteiger partial charge in [0.05, 0.1) is 7.11 Å². The van der Waals surface area contributed by atoms with Crippen LogP contribution in [-0.4, -0.2) is 31.1 Å². The van der Waals surface area contributed by atoms with Crippen molar-refractivity contribution >= 4 is 17.4 Å². The van der Waals surface area contributed by atoms with Crippen LogP contribution in [0.5, 0.6) is 5.75 Å². The van der Waals surface area contributed by atoms with Crippen LogP contribution in [0.1, 0.15) is 13.3 Å². The number of hydrogen-bond donors (Lipinski definition) is 0. The largest absolute Gasteiger partial charge is 0.493 e. The number of alkyl halides is 1. The molecule has 1 aromatic heterocycles. The molecule has 0 aromatic carbocycles. The van der Waals surface area contributed by atoms with Crippen molar-refractivity contribution < 1.29 is 4.74 Å². The van der Waals surface area contributed by atoms with E-state index in [1.54, 1.807) is 13.3 Å². The van der Waals surface area contributed by atoms with Crippen LogP contribution in [0.3, 0.4) is 0 Å². The maximum Gasteiger partial charge on any atom is 0.171 e. The maximum atomic E-state index is 5.90. The topological polar surface area (TPSA) is 25.4 Å². The van der Waals surface area contributed by atoms with E-state index in [0.717, 1.165) is 24.5 Å². The first-order valence-electron chi connectivity index (χ1n) is 4.99. The van der Waals surface area contributed by atoms with Crippen LogP contribution in [0.2, 0.25) is 0 Å². The summed E-state index contributed by atoms with van der Waals surface area (Å²) >= 11 is 5.90. The zero-order valence-corrected chi connectivity index (χ0v) is 10.2. The molecular formula is C11H17ClN2O. The fourth-order valence-electron chi connectivity index (χ4n) is 1.31. The van der Waals surface area contributed by atoms with E-state index in [-0.39, 0.29) is 5.38 Å². The molecule has 0 fully saturated rings. The molecule has 0 radical (unpaired) electrons. The molecule has 1 atom stereocenters. The van der Waals surface area contributed by atoms with Crippen molar-refractivity contribution in [2.75, 3.05) is 25.6 Å². The third-order valence-corrected chi connectivity index (χ3v) is 2.41. The second-order valence-corrected chi connectivity index (χ2v) is 4.27. The van der Waals surface area contributed by atoms with E-state index in [1.165, 1.54) is 0 Å². The first kappa shape index (κ1) is 12.1. The minimum absolute atomic E-state index is 0.183. The van der Waals surface area contributed by atoms with Crippen LogP contribution >= 0.6 is 11.6 Å². The number of methoxy groups -OCH3 is 1. The summed E-state index contributed by atoms with van der Waals surface area (Å²) in [7, 11) is 3.64. The smallest absolute Gasteiger partial charge is 0.171 e. The molecule has 0 amide bonds. The van der Waals surface area contributed by atoms with Gasteiger partial charge in [-0.3, -0.25) is 0 Å². The molecule has 15 heavy (non-hydrogen) atoms. The minimum Gasteiger partial charge on any atom is -0.493 e. The predicted molar refractivity (Wildman–Crippen MR) is 64.0 cm³/mol. The summed E-state index contributed by atoms with van der Waals surface area (Å²) in [6.07, 6.45) is 2.69. The quantitative estimate of drug-likeness (QED) is 0.725. The van der Waals surface area contributed by atoms with E-state index in [1.807, 2.05) is 26.1 Å². The molecule has 0 spiro atoms. The SMILES string of the molecule is COc1cccnc1N(C)CCC(C)Cl. The molecule has 84 valence electrons. The Morgan fingerprint density at radius 3 is 2.93 bits per heavy atom. The lowest BCUT2D eigenvalue weighted by atomic mass is 10.3. The van der Waals surface area contributed by atoms with Crippen LogP contribution in [0.4, 0.5) is 5.82 Å². The summed E-state index contributed by atoms with van der Waals surface area (Å²) in [5.41, 5.74) is 0. The van der Waals surface area contributed by atoms with Gasteiger partial charge in [0.1, 0.15) is 0 Å². The van der Waals surface area contributed by atoms with Crippen molar-refractivity contribution in [3.05, 3.63) is 18.3 Å². The average Bonchev–Trinajstić information content (AvgIpc) is 2.25. The van der Waals surface area contributed by atoms with Gasteiger partial charge in [-0.2, -0.15) is 0 Å². The van der Waals surface area contributed by atoms with E-state index in [2.05, 4.69) is 9.88 Å². The number of nitrogens with zero attached hydrogens (tertiary/aromatic N) is 2. The summed E-state index contributed by atoms with van der Waals surface area (Å²) < 4.78 is 5.24. The van der Waals surface area contributed by atoms with Crippen LogP contribution in [0.15, 0.2) is 18.3 Å². The monoisotopic (exact) mass is 228 g/mol. The zero-order valence-electron chi connectivity index (χ0n) is 9.40. The Balaban J connectivity index is 2.68. The summed E-state index contributed by atoms with van der Waals surface area (Å²) in [5, 5.41) is 0.183. The number of halogens is 1. The number of rotatable bonds is 5. The van der Waals surface area contributed by atoms with Gasteiger partial charge in [-0.25, -0.2) is 4.98 Å². The van der Waals surface area contributed by atoms with Crippen molar-refractivity contribution in [1.82, 2.24) is 4.98 Å². The number of aromatic nitrogens is 1. The molecular weight excluding hydrogens is 212 g/mol. The van der Waals surface area contributed by atoms with Crippen molar-refractivity contribution in [2.24, 2.45) is 0 Å². The molecule has 0 aliphatic heterocycles. The summed E-state index contributed by atoms with van der Waals surface area (Å²) in [5.74, 6) is 1.65. The van der Waals surface area contributed by atoms with Crippen molar-refractivity contribution in [3.63, 3.8) is 0 Å². The van der Waals surface area contributed by atoms with Crippen molar-refractivity contribution in [3.8, 4) is 5.75 Å². The third-order valence-electron chi connectivity index (χ3n) is 2.19. The van der Waals surface area contributed by atoms with Gasteiger partial charge in [-0.05, 0) is 25.5 Å². The van der Waals surface area contributed by atoms with E-state index in [0.29, 0.717) is 0 Å². The average molecular weight is 229 g/mol. The molecule has 0 aliphatic carbocycles. The highest BCUT2D eigenvalue weighted by molar-refractivity contribution is 6.20. The van der Waals surface area contributed by atoms with Gasteiger partial charge >= 0.3 is 0 Å². The standard InChI is InChI=1S/C11H17ClN2O/c1-9(12)6-8-14(2)11-10(15-3)5-4-7-13-11/h4-5,7,9H,6,8H2,1-3H3. The molecule has 0 aliphatic rings. The number of pyridine rings is 1. The Morgan fingerprint density at radius 1 is 1.60 bits per heavy atom. The van der Waals surface area contributed by atoms with Gasteiger partial charge in [0.25, 0.3) is 0 Å². The Kier molecular flexibility index (Phi) is 4.69. The van der Waals surface area contributed by atoms with Crippen LogP contribution in [0, 0.1) is 0 Å². The normalized spacial score (nSPS) is 12.3. The number of hydrogen-bond acceptors (Lipinski definition) is 3. The molecule has 3 nitrogen and oxygen atoms in total. The Hall–Kier alpha value is -0.960. The zero-order chi connectivity index (χ0) is 11.3. The van der Waals surface area contributed by atoms with E-state index < -0.39 is 0 Å². The van der Waals surface area contributed by atoms with E-state index >= 15 is 0 Å². The van der Waals surface area contributed by atoms with E-state index in [9.17, 15) is 0 Å². The lowest BCUT2D eigenvalue weighted by Crippen LogP contribution is -2.22. The third kappa shape index (κ3) is 3.59. The molecule has 0 saturated carbocycles. The van der Waals surface area contributed by atoms with Crippen molar-refractivity contribution in [1.29, 1.82) is 0 Å². The van der Waals surface area contributed by atoms with Gasteiger partial charge in [0.15, 0.2) is 11.6 Å². The lowest BCUT2D eigenvalue weighted by molar-refractivity contribution is 0.413. The summed E-state index contributed by atoms with van der Waals surface area (Å²) in [6, 6.07) is 3.77. The highest BCUT2D eigenvalue weighted by atomic mass is 35.5. The van der Waals surface area contributed by atoms with Gasteiger partial charge in [0, 0.05) is 25.2 Å². The van der Waals surface area contributed by atoms with Gasteiger partial charge in [-0.1, -0.05) is 0 Å². The second-order valence-electron chi connectivity index (χ2n) is 3.52. The molecule has 1 unspecified atom stereocenters. The first-order chi connectivity index (χ1) is 7.15. The number of ether oxygens (including phenoxy) is 1. The Morgan fingerprint density at radius 2 is 2.33 bits per heavy atom. The molecule has 4 heteroatoms. The van der Waals surface area contributed by atoms with E-state index in [4.69, 9.17) is 16.3 Å². The molecule has 0 bridgehead atoms. The fraction of sp³-hybridized carbons (Fsp3) is 0.545. The molecule has 0 N–H and O–H groups in total. The second kappa shape index (κ2) is 5.81. The van der Waals surface area contributed by atoms with Crippen LogP contribution < -0.4 is 9.64 Å². The highest BCUT2D eigenvalue weighted by Gasteiger charge is 2.09. The Labute approximate surface area is 96.0 Å². The molecule has 0 saturated heterocycles. The van der Waals surface area contributed by atoms with Crippen molar-refractivity contribution in [2.45, 2.75) is 18.7 Å². The lowest BCUT2D eigenvalue weighted by Gasteiger charge is -2.20. The molecule has 1 rings (SSSR count).